The Labute approximate surface area is 125 Å². The first kappa shape index (κ1) is 13.1. The van der Waals surface area contributed by atoms with Crippen molar-refractivity contribution >= 4 is 39.0 Å². The number of amides is 1. The number of carbonyl (C=O) groups is 1. The first-order valence-corrected chi connectivity index (χ1v) is 7.29. The lowest BCUT2D eigenvalue weighted by Gasteiger charge is -2.07. The minimum atomic E-state index is 0.0976. The molecule has 3 rings (SSSR count). The molecule has 0 aliphatic heterocycles. The smallest absolute Gasteiger partial charge is 0.227 e. The Bertz CT molecular complexity index is 606. The molecule has 5 heteroatoms. The summed E-state index contributed by atoms with van der Waals surface area (Å²) >= 11 is 3.40. The molecule has 0 bridgehead atoms. The molecule has 1 aromatic carbocycles. The van der Waals surface area contributed by atoms with Crippen molar-refractivity contribution in [2.24, 2.45) is 5.92 Å². The van der Waals surface area contributed by atoms with E-state index in [4.69, 9.17) is 0 Å². The third kappa shape index (κ3) is 3.36. The van der Waals surface area contributed by atoms with Gasteiger partial charge in [0.2, 0.25) is 5.91 Å². The number of carbonyl (C=O) groups excluding carboxylic acids is 1. The van der Waals surface area contributed by atoms with E-state index in [1.165, 1.54) is 0 Å². The van der Waals surface area contributed by atoms with Crippen molar-refractivity contribution in [3.63, 3.8) is 0 Å². The average molecular weight is 332 g/mol. The maximum atomic E-state index is 11.6. The zero-order valence-corrected chi connectivity index (χ0v) is 12.4. The van der Waals surface area contributed by atoms with Gasteiger partial charge in [-0.05, 0) is 49.2 Å². The Balaban J connectivity index is 1.63. The maximum absolute atomic E-state index is 11.6. The van der Waals surface area contributed by atoms with Crippen LogP contribution < -0.4 is 10.6 Å². The summed E-state index contributed by atoms with van der Waals surface area (Å²) in [6, 6.07) is 11.6. The van der Waals surface area contributed by atoms with E-state index >= 15 is 0 Å². The van der Waals surface area contributed by atoms with Crippen LogP contribution in [0, 0.1) is 5.92 Å². The predicted octanol–water partition coefficient (Wildman–Crippen LogP) is 3.94. The second-order valence-corrected chi connectivity index (χ2v) is 5.74. The molecule has 1 amide bonds. The lowest BCUT2D eigenvalue weighted by Crippen LogP contribution is -2.13. The molecular weight excluding hydrogens is 318 g/mol. The maximum Gasteiger partial charge on any atom is 0.227 e. The summed E-state index contributed by atoms with van der Waals surface area (Å²) in [5.74, 6) is 1.05. The summed E-state index contributed by atoms with van der Waals surface area (Å²) in [5.41, 5.74) is 1.71. The summed E-state index contributed by atoms with van der Waals surface area (Å²) < 4.78 is 1.04. The topological polar surface area (TPSA) is 54.0 Å². The first-order chi connectivity index (χ1) is 9.70. The monoisotopic (exact) mass is 331 g/mol. The summed E-state index contributed by atoms with van der Waals surface area (Å²) in [4.78, 5) is 15.9. The van der Waals surface area contributed by atoms with Gasteiger partial charge in [0.1, 0.15) is 5.82 Å². The lowest BCUT2D eigenvalue weighted by molar-refractivity contribution is -0.117. The summed E-state index contributed by atoms with van der Waals surface area (Å²) in [6.45, 7) is 0. The van der Waals surface area contributed by atoms with Crippen LogP contribution in [0.1, 0.15) is 12.8 Å². The second kappa shape index (κ2) is 5.63. The minimum absolute atomic E-state index is 0.0976. The van der Waals surface area contributed by atoms with Crippen molar-refractivity contribution < 1.29 is 4.79 Å². The molecule has 4 nitrogen and oxygen atoms in total. The van der Waals surface area contributed by atoms with Crippen LogP contribution in [0.4, 0.5) is 17.2 Å². The van der Waals surface area contributed by atoms with Crippen molar-refractivity contribution in [2.45, 2.75) is 12.8 Å². The largest absolute Gasteiger partial charge is 0.340 e. The van der Waals surface area contributed by atoms with Crippen LogP contribution in [0.25, 0.3) is 0 Å². The number of nitrogens with zero attached hydrogens (tertiary/aromatic N) is 1. The predicted molar refractivity (Wildman–Crippen MR) is 83.0 cm³/mol. The Morgan fingerprint density at radius 2 is 1.80 bits per heavy atom. The van der Waals surface area contributed by atoms with Crippen molar-refractivity contribution in [1.29, 1.82) is 0 Å². The molecule has 1 aliphatic rings. The van der Waals surface area contributed by atoms with Crippen LogP contribution in [0.15, 0.2) is 47.1 Å². The van der Waals surface area contributed by atoms with Crippen molar-refractivity contribution in [3.8, 4) is 0 Å². The van der Waals surface area contributed by atoms with Crippen LogP contribution in [0.2, 0.25) is 0 Å². The highest BCUT2D eigenvalue weighted by atomic mass is 79.9. The van der Waals surface area contributed by atoms with E-state index in [9.17, 15) is 4.79 Å². The van der Waals surface area contributed by atoms with Gasteiger partial charge in [0.25, 0.3) is 0 Å². The first-order valence-electron chi connectivity index (χ1n) is 6.50. The van der Waals surface area contributed by atoms with Crippen molar-refractivity contribution in [3.05, 3.63) is 47.1 Å². The molecule has 0 radical (unpaired) electrons. The van der Waals surface area contributed by atoms with Gasteiger partial charge in [-0.3, -0.25) is 4.79 Å². The number of aromatic nitrogens is 1. The van der Waals surface area contributed by atoms with E-state index in [1.54, 1.807) is 6.20 Å². The van der Waals surface area contributed by atoms with Crippen LogP contribution in [0.5, 0.6) is 0 Å². The zero-order valence-electron chi connectivity index (χ0n) is 10.8. The van der Waals surface area contributed by atoms with Gasteiger partial charge in [0.05, 0.1) is 11.9 Å². The molecule has 0 atom stereocenters. The third-order valence-electron chi connectivity index (χ3n) is 3.10. The molecule has 1 aliphatic carbocycles. The van der Waals surface area contributed by atoms with Crippen molar-refractivity contribution in [1.82, 2.24) is 4.98 Å². The van der Waals surface area contributed by atoms with Gasteiger partial charge in [-0.25, -0.2) is 4.98 Å². The summed E-state index contributed by atoms with van der Waals surface area (Å²) in [6.07, 6.45) is 3.67. The molecular formula is C15H14BrN3O. The highest BCUT2D eigenvalue weighted by Crippen LogP contribution is 2.30. The standard InChI is InChI=1S/C15H14BrN3O/c16-11-3-5-12(6-4-11)18-14-8-7-13(9-17-14)19-15(20)10-1-2-10/h3-10H,1-2H2,(H,17,18)(H,19,20). The zero-order chi connectivity index (χ0) is 13.9. The fourth-order valence-corrected chi connectivity index (χ4v) is 2.08. The quantitative estimate of drug-likeness (QED) is 0.892. The van der Waals surface area contributed by atoms with Gasteiger partial charge >= 0.3 is 0 Å². The molecule has 0 spiro atoms. The van der Waals surface area contributed by atoms with E-state index < -0.39 is 0 Å². The van der Waals surface area contributed by atoms with Gasteiger partial charge in [0.15, 0.2) is 0 Å². The van der Waals surface area contributed by atoms with E-state index in [1.807, 2.05) is 36.4 Å². The van der Waals surface area contributed by atoms with Crippen LogP contribution in [0.3, 0.4) is 0 Å². The van der Waals surface area contributed by atoms with E-state index in [-0.39, 0.29) is 11.8 Å². The Kier molecular flexibility index (Phi) is 3.69. The van der Waals surface area contributed by atoms with Crippen LogP contribution in [-0.2, 0) is 4.79 Å². The van der Waals surface area contributed by atoms with Crippen molar-refractivity contribution in [2.75, 3.05) is 10.6 Å². The summed E-state index contributed by atoms with van der Waals surface area (Å²) in [7, 11) is 0. The van der Waals surface area contributed by atoms with Gasteiger partial charge in [-0.1, -0.05) is 15.9 Å². The second-order valence-electron chi connectivity index (χ2n) is 4.83. The van der Waals surface area contributed by atoms with Gasteiger partial charge in [-0.15, -0.1) is 0 Å². The normalized spacial score (nSPS) is 13.8. The molecule has 0 unspecified atom stereocenters. The molecule has 1 heterocycles. The number of hydrogen-bond donors (Lipinski definition) is 2. The molecule has 0 saturated heterocycles. The van der Waals surface area contributed by atoms with Gasteiger partial charge in [-0.2, -0.15) is 0 Å². The molecule has 2 aromatic rings. The highest BCUT2D eigenvalue weighted by Gasteiger charge is 2.29. The highest BCUT2D eigenvalue weighted by molar-refractivity contribution is 9.10. The van der Waals surface area contributed by atoms with E-state index in [0.717, 1.165) is 34.5 Å². The number of rotatable bonds is 4. The molecule has 102 valence electrons. The number of hydrogen-bond acceptors (Lipinski definition) is 3. The number of benzene rings is 1. The van der Waals surface area contributed by atoms with E-state index in [0.29, 0.717) is 0 Å². The number of anilines is 3. The molecule has 1 fully saturated rings. The molecule has 1 saturated carbocycles. The SMILES string of the molecule is O=C(Nc1ccc(Nc2ccc(Br)cc2)nc1)C1CC1. The van der Waals surface area contributed by atoms with Gasteiger partial charge in [0, 0.05) is 16.1 Å². The molecule has 20 heavy (non-hydrogen) atoms. The summed E-state index contributed by atoms with van der Waals surface area (Å²) in [5, 5.41) is 6.07. The van der Waals surface area contributed by atoms with Gasteiger partial charge < -0.3 is 10.6 Å². The Hall–Kier alpha value is -1.88. The molecule has 2 N–H and O–H groups in total. The number of halogens is 1. The Morgan fingerprint density at radius 3 is 2.40 bits per heavy atom. The number of nitrogens with one attached hydrogen (secondary N) is 2. The third-order valence-corrected chi connectivity index (χ3v) is 3.62. The molecule has 1 aromatic heterocycles. The lowest BCUT2D eigenvalue weighted by atomic mass is 10.3. The number of pyridine rings is 1. The van der Waals surface area contributed by atoms with E-state index in [2.05, 4.69) is 31.5 Å². The van der Waals surface area contributed by atoms with Crippen LogP contribution >= 0.6 is 15.9 Å². The fourth-order valence-electron chi connectivity index (χ4n) is 1.81. The minimum Gasteiger partial charge on any atom is -0.340 e. The van der Waals surface area contributed by atoms with Crippen LogP contribution in [-0.4, -0.2) is 10.9 Å². The Morgan fingerprint density at radius 1 is 1.10 bits per heavy atom. The fraction of sp³-hybridized carbons (Fsp3) is 0.200. The average Bonchev–Trinajstić information content (AvgIpc) is 3.28.